The fourth-order valence-corrected chi connectivity index (χ4v) is 1.74. The highest BCUT2D eigenvalue weighted by Gasteiger charge is 2.27. The van der Waals surface area contributed by atoms with Gasteiger partial charge < -0.3 is 9.47 Å². The normalized spacial score (nSPS) is 19.1. The monoisotopic (exact) mass is 232 g/mol. The van der Waals surface area contributed by atoms with Crippen LogP contribution in [0, 0.1) is 11.8 Å². The molecule has 2 rings (SSSR count). The Balaban J connectivity index is 2.07. The third kappa shape index (κ3) is 2.70. The molecule has 0 bridgehead atoms. The number of para-hydroxylation sites is 2. The molecule has 4 nitrogen and oxygen atoms in total. The molecule has 2 unspecified atom stereocenters. The van der Waals surface area contributed by atoms with Gasteiger partial charge in [-0.25, -0.2) is 0 Å². The highest BCUT2D eigenvalue weighted by atomic mass is 16.6. The zero-order valence-corrected chi connectivity index (χ0v) is 9.77. The molecule has 1 aromatic carbocycles. The summed E-state index contributed by atoms with van der Waals surface area (Å²) >= 11 is 0. The quantitative estimate of drug-likeness (QED) is 0.465. The van der Waals surface area contributed by atoms with Crippen LogP contribution >= 0.6 is 0 Å². The van der Waals surface area contributed by atoms with Crippen LogP contribution in [0.25, 0.3) is 0 Å². The van der Waals surface area contributed by atoms with Crippen LogP contribution in [0.1, 0.15) is 13.3 Å². The predicted octanol–water partition coefficient (Wildman–Crippen LogP) is 1.07. The standard InChI is InChI=1S/C13H16N2O2/c1-2-3-6-10(15-14)13-9-16-11-7-4-5-8-12(11)17-13/h4-5,7-8,10,13,15H,6,9,14H2,1H3. The lowest BCUT2D eigenvalue weighted by molar-refractivity contribution is 0.0632. The molecule has 3 N–H and O–H groups in total. The number of hydrogen-bond donors (Lipinski definition) is 2. The highest BCUT2D eigenvalue weighted by Crippen LogP contribution is 2.31. The van der Waals surface area contributed by atoms with Gasteiger partial charge >= 0.3 is 0 Å². The van der Waals surface area contributed by atoms with E-state index in [1.165, 1.54) is 0 Å². The molecule has 2 atom stereocenters. The molecule has 1 aromatic rings. The van der Waals surface area contributed by atoms with E-state index in [1.54, 1.807) is 6.92 Å². The van der Waals surface area contributed by atoms with Gasteiger partial charge in [0, 0.05) is 6.42 Å². The van der Waals surface area contributed by atoms with Gasteiger partial charge in [-0.2, -0.15) is 0 Å². The number of hydrogen-bond acceptors (Lipinski definition) is 4. The van der Waals surface area contributed by atoms with Crippen LogP contribution in [0.15, 0.2) is 24.3 Å². The minimum Gasteiger partial charge on any atom is -0.486 e. The average molecular weight is 232 g/mol. The van der Waals surface area contributed by atoms with Crippen LogP contribution in [0.2, 0.25) is 0 Å². The minimum absolute atomic E-state index is 0.0317. The van der Waals surface area contributed by atoms with Crippen molar-refractivity contribution in [3.63, 3.8) is 0 Å². The number of ether oxygens (including phenoxy) is 2. The van der Waals surface area contributed by atoms with Crippen molar-refractivity contribution in [2.24, 2.45) is 5.84 Å². The third-order valence-electron chi connectivity index (χ3n) is 2.69. The lowest BCUT2D eigenvalue weighted by Gasteiger charge is -2.31. The Hall–Kier alpha value is -1.70. The summed E-state index contributed by atoms with van der Waals surface area (Å²) in [6, 6.07) is 7.59. The van der Waals surface area contributed by atoms with Gasteiger partial charge in [-0.1, -0.05) is 12.1 Å². The Morgan fingerprint density at radius 2 is 2.24 bits per heavy atom. The first kappa shape index (κ1) is 11.8. The van der Waals surface area contributed by atoms with Crippen LogP contribution in [0.5, 0.6) is 11.5 Å². The van der Waals surface area contributed by atoms with Crippen molar-refractivity contribution >= 4 is 0 Å². The second kappa shape index (κ2) is 5.58. The number of benzene rings is 1. The Kier molecular flexibility index (Phi) is 3.86. The van der Waals surface area contributed by atoms with Crippen molar-refractivity contribution in [1.82, 2.24) is 5.43 Å². The zero-order valence-electron chi connectivity index (χ0n) is 9.77. The fraction of sp³-hybridized carbons (Fsp3) is 0.385. The van der Waals surface area contributed by atoms with E-state index in [1.807, 2.05) is 24.3 Å². The Labute approximate surface area is 101 Å². The molecule has 0 amide bonds. The van der Waals surface area contributed by atoms with E-state index >= 15 is 0 Å². The fourth-order valence-electron chi connectivity index (χ4n) is 1.74. The smallest absolute Gasteiger partial charge is 0.161 e. The molecule has 4 heteroatoms. The molecule has 0 radical (unpaired) electrons. The van der Waals surface area contributed by atoms with E-state index in [0.717, 1.165) is 11.5 Å². The number of fused-ring (bicyclic) bond motifs is 1. The first-order valence-electron chi connectivity index (χ1n) is 5.59. The van der Waals surface area contributed by atoms with Crippen LogP contribution in [0.3, 0.4) is 0 Å². The molecule has 0 aliphatic carbocycles. The maximum atomic E-state index is 5.85. The minimum atomic E-state index is -0.115. The van der Waals surface area contributed by atoms with Crippen LogP contribution in [0.4, 0.5) is 0 Å². The lowest BCUT2D eigenvalue weighted by Crippen LogP contribution is -2.50. The molecule has 1 aliphatic heterocycles. The molecule has 90 valence electrons. The molecule has 17 heavy (non-hydrogen) atoms. The van der Waals surface area contributed by atoms with Crippen LogP contribution < -0.4 is 20.7 Å². The maximum Gasteiger partial charge on any atom is 0.161 e. The number of nitrogens with one attached hydrogen (secondary N) is 1. The molecular weight excluding hydrogens is 216 g/mol. The summed E-state index contributed by atoms with van der Waals surface area (Å²) in [6.07, 6.45) is 0.527. The van der Waals surface area contributed by atoms with Gasteiger partial charge in [0.1, 0.15) is 6.61 Å². The van der Waals surface area contributed by atoms with Gasteiger partial charge in [0.2, 0.25) is 0 Å². The van der Waals surface area contributed by atoms with Crippen molar-refractivity contribution in [2.75, 3.05) is 6.61 Å². The van der Waals surface area contributed by atoms with Gasteiger partial charge in [0.15, 0.2) is 17.6 Å². The maximum absolute atomic E-state index is 5.85. The van der Waals surface area contributed by atoms with Gasteiger partial charge in [0.05, 0.1) is 6.04 Å². The Morgan fingerprint density at radius 3 is 2.94 bits per heavy atom. The third-order valence-corrected chi connectivity index (χ3v) is 2.69. The first-order valence-corrected chi connectivity index (χ1v) is 5.59. The SMILES string of the molecule is CC#CCC(NN)C1COc2ccccc2O1. The average Bonchev–Trinajstić information content (AvgIpc) is 2.39. The van der Waals surface area contributed by atoms with Gasteiger partial charge in [-0.05, 0) is 19.1 Å². The molecule has 0 spiro atoms. The largest absolute Gasteiger partial charge is 0.486 e. The van der Waals surface area contributed by atoms with E-state index in [9.17, 15) is 0 Å². The second-order valence-electron chi connectivity index (χ2n) is 3.82. The van der Waals surface area contributed by atoms with E-state index in [0.29, 0.717) is 13.0 Å². The first-order chi connectivity index (χ1) is 8.35. The van der Waals surface area contributed by atoms with Crippen molar-refractivity contribution in [3.8, 4) is 23.3 Å². The summed E-state index contributed by atoms with van der Waals surface area (Å²) in [5.74, 6) is 12.9. The summed E-state index contributed by atoms with van der Waals surface area (Å²) in [6.45, 7) is 2.29. The number of rotatable bonds is 3. The zero-order chi connectivity index (χ0) is 12.1. The molecule has 0 saturated carbocycles. The highest BCUT2D eigenvalue weighted by molar-refractivity contribution is 5.40. The predicted molar refractivity (Wildman–Crippen MR) is 65.5 cm³/mol. The van der Waals surface area contributed by atoms with Crippen LogP contribution in [-0.4, -0.2) is 18.8 Å². The summed E-state index contributed by atoms with van der Waals surface area (Å²) in [7, 11) is 0. The Morgan fingerprint density at radius 1 is 1.47 bits per heavy atom. The molecule has 1 aliphatic rings. The topological polar surface area (TPSA) is 56.5 Å². The number of hydrazine groups is 1. The molecule has 0 aromatic heterocycles. The van der Waals surface area contributed by atoms with Gasteiger partial charge in [0.25, 0.3) is 0 Å². The van der Waals surface area contributed by atoms with Crippen molar-refractivity contribution in [3.05, 3.63) is 24.3 Å². The van der Waals surface area contributed by atoms with Gasteiger partial charge in [-0.15, -0.1) is 11.8 Å². The van der Waals surface area contributed by atoms with E-state index < -0.39 is 0 Å². The summed E-state index contributed by atoms with van der Waals surface area (Å²) in [5, 5.41) is 0. The van der Waals surface area contributed by atoms with E-state index in [-0.39, 0.29) is 12.1 Å². The second-order valence-corrected chi connectivity index (χ2v) is 3.82. The summed E-state index contributed by atoms with van der Waals surface area (Å²) in [4.78, 5) is 0. The Bertz CT molecular complexity index is 437. The van der Waals surface area contributed by atoms with Crippen molar-refractivity contribution < 1.29 is 9.47 Å². The summed E-state index contributed by atoms with van der Waals surface area (Å²) < 4.78 is 11.5. The molecule has 0 saturated heterocycles. The van der Waals surface area contributed by atoms with E-state index in [2.05, 4.69) is 17.3 Å². The van der Waals surface area contributed by atoms with E-state index in [4.69, 9.17) is 15.3 Å². The molecule has 0 fully saturated rings. The van der Waals surface area contributed by atoms with Crippen molar-refractivity contribution in [1.29, 1.82) is 0 Å². The van der Waals surface area contributed by atoms with Crippen LogP contribution in [-0.2, 0) is 0 Å². The molecular formula is C13H16N2O2. The lowest BCUT2D eigenvalue weighted by atomic mass is 10.1. The molecule has 1 heterocycles. The van der Waals surface area contributed by atoms with Gasteiger partial charge in [-0.3, -0.25) is 11.3 Å². The van der Waals surface area contributed by atoms with Crippen molar-refractivity contribution in [2.45, 2.75) is 25.5 Å². The summed E-state index contributed by atoms with van der Waals surface area (Å²) in [5.41, 5.74) is 2.73. The number of nitrogens with two attached hydrogens (primary N) is 1.